The molecule has 0 bridgehead atoms. The fourth-order valence-electron chi connectivity index (χ4n) is 1.64. The minimum atomic E-state index is -1.02. The predicted octanol–water partition coefficient (Wildman–Crippen LogP) is 2.86. The summed E-state index contributed by atoms with van der Waals surface area (Å²) < 4.78 is 22.4. The molecule has 22 heavy (non-hydrogen) atoms. The fourth-order valence-corrected chi connectivity index (χ4v) is 1.64. The van der Waals surface area contributed by atoms with E-state index in [9.17, 15) is 14.3 Å². The van der Waals surface area contributed by atoms with Gasteiger partial charge in [0, 0.05) is 0 Å². The predicted molar refractivity (Wildman–Crippen MR) is 79.0 cm³/mol. The summed E-state index contributed by atoms with van der Waals surface area (Å²) in [5.41, 5.74) is 0.222. The van der Waals surface area contributed by atoms with Crippen molar-refractivity contribution in [1.29, 1.82) is 0 Å². The van der Waals surface area contributed by atoms with Gasteiger partial charge in [0.15, 0.2) is 11.5 Å². The summed E-state index contributed by atoms with van der Waals surface area (Å²) in [5.74, 6) is -0.601. The Morgan fingerprint density at radius 3 is 2.05 bits per heavy atom. The van der Waals surface area contributed by atoms with Crippen LogP contribution in [0.4, 0.5) is 4.39 Å². The van der Waals surface area contributed by atoms with Crippen molar-refractivity contribution in [2.24, 2.45) is 0 Å². The van der Waals surface area contributed by atoms with Crippen LogP contribution in [0.5, 0.6) is 17.2 Å². The molecule has 0 aliphatic rings. The number of aliphatic carboxylic acids is 1. The molecule has 5 nitrogen and oxygen atoms in total. The van der Waals surface area contributed by atoms with Crippen molar-refractivity contribution in [3.63, 3.8) is 0 Å². The van der Waals surface area contributed by atoms with Crippen molar-refractivity contribution in [3.8, 4) is 17.2 Å². The number of ether oxygens (including phenoxy) is 2. The second-order valence-electron chi connectivity index (χ2n) is 4.17. The minimum Gasteiger partial charge on any atom is -0.502 e. The summed E-state index contributed by atoms with van der Waals surface area (Å²) in [4.78, 5) is 10.2. The smallest absolute Gasteiger partial charge is 0.307 e. The highest BCUT2D eigenvalue weighted by Gasteiger charge is 2.05. The molecule has 118 valence electrons. The average molecular weight is 308 g/mol. The van der Waals surface area contributed by atoms with E-state index in [4.69, 9.17) is 14.6 Å². The van der Waals surface area contributed by atoms with Gasteiger partial charge in [-0.15, -0.1) is 0 Å². The molecule has 0 saturated carbocycles. The van der Waals surface area contributed by atoms with Gasteiger partial charge in [0.25, 0.3) is 0 Å². The van der Waals surface area contributed by atoms with E-state index in [1.165, 1.54) is 32.4 Å². The molecule has 0 aliphatic heterocycles. The van der Waals surface area contributed by atoms with Gasteiger partial charge in [-0.3, -0.25) is 4.79 Å². The molecule has 0 unspecified atom stereocenters. The summed E-state index contributed by atoms with van der Waals surface area (Å²) in [6.45, 7) is 0. The van der Waals surface area contributed by atoms with Gasteiger partial charge in [0.1, 0.15) is 5.82 Å². The van der Waals surface area contributed by atoms with Crippen LogP contribution in [-0.4, -0.2) is 30.4 Å². The van der Waals surface area contributed by atoms with E-state index in [0.29, 0.717) is 11.5 Å². The van der Waals surface area contributed by atoms with Crippen LogP contribution < -0.4 is 9.47 Å². The van der Waals surface area contributed by atoms with Gasteiger partial charge in [0.2, 0.25) is 5.75 Å². The molecule has 2 rings (SSSR count). The highest BCUT2D eigenvalue weighted by Crippen LogP contribution is 2.34. The van der Waals surface area contributed by atoms with Gasteiger partial charge in [-0.1, -0.05) is 24.3 Å². The van der Waals surface area contributed by atoms with E-state index < -0.39 is 11.8 Å². The molecule has 0 heterocycles. The second kappa shape index (κ2) is 8.51. The Bertz CT molecular complexity index is 605. The SMILES string of the molecule is COc1cccc(OC)c1O.O=C(O)Cc1ccccc1F. The third kappa shape index (κ3) is 4.97. The zero-order chi connectivity index (χ0) is 16.5. The van der Waals surface area contributed by atoms with E-state index in [1.807, 2.05) is 0 Å². The molecule has 2 aromatic carbocycles. The molecule has 0 fully saturated rings. The number of hydrogen-bond acceptors (Lipinski definition) is 4. The monoisotopic (exact) mass is 308 g/mol. The molecule has 0 amide bonds. The summed E-state index contributed by atoms with van der Waals surface area (Å²) in [7, 11) is 2.99. The first-order valence-electron chi connectivity index (χ1n) is 6.34. The van der Waals surface area contributed by atoms with Gasteiger partial charge in [-0.2, -0.15) is 0 Å². The normalized spacial score (nSPS) is 9.41. The van der Waals surface area contributed by atoms with Crippen LogP contribution in [0.2, 0.25) is 0 Å². The summed E-state index contributed by atoms with van der Waals surface area (Å²) in [6.07, 6.45) is -0.257. The molecule has 2 aromatic rings. The lowest BCUT2D eigenvalue weighted by Crippen LogP contribution is -2.01. The molecule has 0 spiro atoms. The first-order chi connectivity index (χ1) is 10.5. The topological polar surface area (TPSA) is 76.0 Å². The number of hydrogen-bond donors (Lipinski definition) is 2. The first kappa shape index (κ1) is 17.3. The van der Waals surface area contributed by atoms with Crippen LogP contribution in [0.25, 0.3) is 0 Å². The molecular formula is C16H17FO5. The van der Waals surface area contributed by atoms with Crippen molar-refractivity contribution in [3.05, 3.63) is 53.8 Å². The number of aromatic hydroxyl groups is 1. The van der Waals surface area contributed by atoms with Gasteiger partial charge in [-0.25, -0.2) is 4.39 Å². The first-order valence-corrected chi connectivity index (χ1v) is 6.34. The van der Waals surface area contributed by atoms with Crippen molar-refractivity contribution in [1.82, 2.24) is 0 Å². The zero-order valence-electron chi connectivity index (χ0n) is 12.2. The van der Waals surface area contributed by atoms with Crippen molar-refractivity contribution in [2.75, 3.05) is 14.2 Å². The van der Waals surface area contributed by atoms with Crippen molar-refractivity contribution < 1.29 is 28.9 Å². The number of rotatable bonds is 4. The van der Waals surface area contributed by atoms with Gasteiger partial charge in [-0.05, 0) is 23.8 Å². The molecule has 0 aromatic heterocycles. The Balaban J connectivity index is 0.000000220. The number of phenolic OH excluding ortho intramolecular Hbond substituents is 1. The molecule has 0 aliphatic carbocycles. The average Bonchev–Trinajstić information content (AvgIpc) is 2.50. The van der Waals surface area contributed by atoms with Crippen LogP contribution in [-0.2, 0) is 11.2 Å². The maximum atomic E-state index is 12.7. The highest BCUT2D eigenvalue weighted by atomic mass is 19.1. The van der Waals surface area contributed by atoms with Gasteiger partial charge >= 0.3 is 5.97 Å². The van der Waals surface area contributed by atoms with E-state index in [1.54, 1.807) is 24.3 Å². The third-order valence-electron chi connectivity index (χ3n) is 2.70. The van der Waals surface area contributed by atoms with Crippen LogP contribution in [0.1, 0.15) is 5.56 Å². The quantitative estimate of drug-likeness (QED) is 0.908. The lowest BCUT2D eigenvalue weighted by molar-refractivity contribution is -0.136. The molecule has 6 heteroatoms. The molecular weight excluding hydrogens is 291 g/mol. The molecule has 0 saturated heterocycles. The maximum Gasteiger partial charge on any atom is 0.307 e. The standard InChI is InChI=1S/C8H7FO2.C8H10O3/c9-7-4-2-1-3-6(7)5-8(10)11;1-10-6-4-3-5-7(11-2)8(6)9/h1-4H,5H2,(H,10,11);3-5,9H,1-2H3. The molecule has 2 N–H and O–H groups in total. The lowest BCUT2D eigenvalue weighted by atomic mass is 10.1. The number of phenols is 1. The maximum absolute atomic E-state index is 12.7. The number of carboxylic acid groups (broad SMARTS) is 1. The van der Waals surface area contributed by atoms with E-state index in [-0.39, 0.29) is 17.7 Å². The Morgan fingerprint density at radius 2 is 1.59 bits per heavy atom. The Kier molecular flexibility index (Phi) is 6.69. The van der Waals surface area contributed by atoms with Crippen LogP contribution >= 0.6 is 0 Å². The number of benzene rings is 2. The van der Waals surface area contributed by atoms with Gasteiger partial charge < -0.3 is 19.7 Å². The second-order valence-corrected chi connectivity index (χ2v) is 4.17. The zero-order valence-corrected chi connectivity index (χ0v) is 12.2. The molecule has 0 atom stereocenters. The number of para-hydroxylation sites is 1. The molecule has 0 radical (unpaired) electrons. The van der Waals surface area contributed by atoms with Crippen molar-refractivity contribution in [2.45, 2.75) is 6.42 Å². The van der Waals surface area contributed by atoms with E-state index >= 15 is 0 Å². The van der Waals surface area contributed by atoms with Gasteiger partial charge in [0.05, 0.1) is 20.6 Å². The summed E-state index contributed by atoms with van der Waals surface area (Å²) >= 11 is 0. The van der Waals surface area contributed by atoms with E-state index in [2.05, 4.69) is 0 Å². The van der Waals surface area contributed by atoms with Crippen LogP contribution in [0.15, 0.2) is 42.5 Å². The number of methoxy groups -OCH3 is 2. The Labute approximate surface area is 127 Å². The third-order valence-corrected chi connectivity index (χ3v) is 2.70. The largest absolute Gasteiger partial charge is 0.502 e. The van der Waals surface area contributed by atoms with Crippen molar-refractivity contribution >= 4 is 5.97 Å². The lowest BCUT2D eigenvalue weighted by Gasteiger charge is -2.06. The van der Waals surface area contributed by atoms with E-state index in [0.717, 1.165) is 0 Å². The summed E-state index contributed by atoms with van der Waals surface area (Å²) in [6, 6.07) is 10.9. The van der Waals surface area contributed by atoms with Crippen LogP contribution in [0, 0.1) is 5.82 Å². The highest BCUT2D eigenvalue weighted by molar-refractivity contribution is 5.70. The number of carbonyl (C=O) groups is 1. The fraction of sp³-hybridized carbons (Fsp3) is 0.188. The van der Waals surface area contributed by atoms with Crippen LogP contribution in [0.3, 0.4) is 0 Å². The number of carboxylic acids is 1. The minimum absolute atomic E-state index is 0.0394. The number of halogens is 1. The Hall–Kier alpha value is -2.76. The Morgan fingerprint density at radius 1 is 1.05 bits per heavy atom. The summed E-state index contributed by atoms with van der Waals surface area (Å²) in [5, 5.41) is 17.7.